The minimum Gasteiger partial charge on any atom is -0.481 e. The van der Waals surface area contributed by atoms with E-state index in [4.69, 9.17) is 10.5 Å². The lowest BCUT2D eigenvalue weighted by Crippen LogP contribution is -2.57. The second-order valence-corrected chi connectivity index (χ2v) is 12.9. The van der Waals surface area contributed by atoms with Crippen LogP contribution in [-0.4, -0.2) is 67.7 Å². The molecule has 9 nitrogen and oxygen atoms in total. The van der Waals surface area contributed by atoms with Crippen molar-refractivity contribution in [3.8, 4) is 5.88 Å². The Morgan fingerprint density at radius 2 is 1.93 bits per heavy atom. The van der Waals surface area contributed by atoms with Crippen LogP contribution in [-0.2, 0) is 21.2 Å². The van der Waals surface area contributed by atoms with Gasteiger partial charge in [-0.1, -0.05) is 18.2 Å². The summed E-state index contributed by atoms with van der Waals surface area (Å²) in [5.41, 5.74) is 7.56. The number of hydrogen-bond donors (Lipinski definition) is 3. The molecule has 0 saturated carbocycles. The number of fused-ring (bicyclic) bond motifs is 2. The number of benzene rings is 2. The van der Waals surface area contributed by atoms with Crippen molar-refractivity contribution in [1.29, 1.82) is 0 Å². The van der Waals surface area contributed by atoms with Gasteiger partial charge < -0.3 is 21.1 Å². The fourth-order valence-corrected chi connectivity index (χ4v) is 7.67. The molecule has 230 valence electrons. The normalized spacial score (nSPS) is 22.7. The van der Waals surface area contributed by atoms with Crippen LogP contribution in [0.1, 0.15) is 41.9 Å². The molecule has 1 amide bonds. The highest BCUT2D eigenvalue weighted by molar-refractivity contribution is 7.89. The summed E-state index contributed by atoms with van der Waals surface area (Å²) in [5, 5.41) is 6.11. The van der Waals surface area contributed by atoms with E-state index < -0.39 is 45.3 Å². The number of nitrogens with one attached hydrogen (secondary N) is 2. The van der Waals surface area contributed by atoms with Crippen molar-refractivity contribution in [3.63, 3.8) is 0 Å². The van der Waals surface area contributed by atoms with E-state index in [1.807, 2.05) is 0 Å². The van der Waals surface area contributed by atoms with E-state index in [1.165, 1.54) is 35.8 Å². The average Bonchev–Trinajstić information content (AvgIpc) is 3.10. The summed E-state index contributed by atoms with van der Waals surface area (Å²) in [4.78, 5) is 17.7. The molecule has 4 N–H and O–H groups in total. The van der Waals surface area contributed by atoms with Crippen molar-refractivity contribution in [2.24, 2.45) is 5.73 Å². The Morgan fingerprint density at radius 3 is 2.65 bits per heavy atom. The molecule has 5 atom stereocenters. The van der Waals surface area contributed by atoms with Crippen molar-refractivity contribution < 1.29 is 31.1 Å². The first-order valence-electron chi connectivity index (χ1n) is 14.1. The Balaban J connectivity index is 1.37. The highest BCUT2D eigenvalue weighted by Gasteiger charge is 2.38. The molecule has 5 rings (SSSR count). The van der Waals surface area contributed by atoms with Crippen molar-refractivity contribution in [2.75, 3.05) is 31.3 Å². The highest BCUT2D eigenvalue weighted by Crippen LogP contribution is 2.31. The lowest BCUT2D eigenvalue weighted by atomic mass is 9.85. The Morgan fingerprint density at radius 1 is 1.14 bits per heavy atom. The van der Waals surface area contributed by atoms with E-state index in [2.05, 4.69) is 15.6 Å². The molecule has 43 heavy (non-hydrogen) atoms. The quantitative estimate of drug-likeness (QED) is 0.336. The number of carbonyl (C=O) groups is 1. The van der Waals surface area contributed by atoms with Crippen LogP contribution in [0.2, 0.25) is 0 Å². The topological polar surface area (TPSA) is 127 Å². The molecule has 3 heterocycles. The molecule has 2 aliphatic rings. The van der Waals surface area contributed by atoms with Gasteiger partial charge in [0.25, 0.3) is 0 Å². The number of halogens is 3. The van der Waals surface area contributed by atoms with Gasteiger partial charge >= 0.3 is 0 Å². The summed E-state index contributed by atoms with van der Waals surface area (Å²) >= 11 is 0. The zero-order valence-corrected chi connectivity index (χ0v) is 24.4. The van der Waals surface area contributed by atoms with Gasteiger partial charge in [0, 0.05) is 54.6 Å². The van der Waals surface area contributed by atoms with Crippen LogP contribution >= 0.6 is 0 Å². The molecule has 0 aliphatic carbocycles. The molecule has 3 unspecified atom stereocenters. The van der Waals surface area contributed by atoms with Gasteiger partial charge in [0.2, 0.25) is 21.8 Å². The summed E-state index contributed by atoms with van der Waals surface area (Å²) in [5.74, 6) is -3.91. The van der Waals surface area contributed by atoms with Gasteiger partial charge in [0.15, 0.2) is 11.6 Å². The van der Waals surface area contributed by atoms with E-state index in [9.17, 15) is 22.0 Å². The number of hydrogen-bond acceptors (Lipinski definition) is 7. The van der Waals surface area contributed by atoms with Crippen molar-refractivity contribution in [3.05, 3.63) is 88.9 Å². The molecular formula is C30H34F3N5O4S. The molecule has 0 spiro atoms. The number of anilines is 1. The number of amides is 1. The maximum absolute atomic E-state index is 15.1. The Labute approximate surface area is 248 Å². The first kappa shape index (κ1) is 30.9. The van der Waals surface area contributed by atoms with E-state index in [1.54, 1.807) is 18.2 Å². The largest absolute Gasteiger partial charge is 0.481 e. The zero-order valence-electron chi connectivity index (χ0n) is 23.6. The maximum Gasteiger partial charge on any atom is 0.242 e. The van der Waals surface area contributed by atoms with Gasteiger partial charge in [-0.3, -0.25) is 4.79 Å². The lowest BCUT2D eigenvalue weighted by Gasteiger charge is -2.37. The Hall–Kier alpha value is -3.52. The summed E-state index contributed by atoms with van der Waals surface area (Å²) in [6, 6.07) is 9.16. The minimum absolute atomic E-state index is 0.0867. The third-order valence-electron chi connectivity index (χ3n) is 8.16. The number of ether oxygens (including phenoxy) is 1. The van der Waals surface area contributed by atoms with Gasteiger partial charge in [0.1, 0.15) is 5.82 Å². The second kappa shape index (κ2) is 13.0. The molecule has 2 bridgehead atoms. The van der Waals surface area contributed by atoms with Crippen molar-refractivity contribution in [2.45, 2.75) is 49.7 Å². The zero-order chi connectivity index (χ0) is 30.7. The van der Waals surface area contributed by atoms with Crippen LogP contribution in [0.5, 0.6) is 5.88 Å². The smallest absolute Gasteiger partial charge is 0.242 e. The molecular weight excluding hydrogens is 583 g/mol. The van der Waals surface area contributed by atoms with Gasteiger partial charge in [-0.2, -0.15) is 4.31 Å². The minimum atomic E-state index is -3.42. The Kier molecular flexibility index (Phi) is 9.35. The number of sulfonamides is 1. The number of piperazine rings is 1. The molecule has 2 saturated heterocycles. The lowest BCUT2D eigenvalue weighted by molar-refractivity contribution is -0.117. The fraction of sp³-hybridized carbons (Fsp3) is 0.400. The maximum atomic E-state index is 15.1. The standard InChI is InChI=1S/C30H34F3N5O4S/c1-42-27-12-8-19(15-36-27)28(18-7-11-24(32)25(33)14-18)29(34)30(39)37-26-6-2-5-23(31)22(26)10-9-21-16-35-20-4-3-13-43(40,41)38(21)17-20/h2,5-8,11-12,14-15,20-21,28-29,35H,3-4,9-10,13,16-17,34H2,1H3,(H,37,39)/t20?,21?,28-,29-/m0/s1. The van der Waals surface area contributed by atoms with Crippen molar-refractivity contribution in [1.82, 2.24) is 14.6 Å². The number of nitrogens with zero attached hydrogens (tertiary/aromatic N) is 2. The number of carbonyl (C=O) groups excluding carboxylic acids is 1. The molecule has 13 heteroatoms. The van der Waals surface area contributed by atoms with Gasteiger partial charge in [-0.25, -0.2) is 26.6 Å². The first-order chi connectivity index (χ1) is 20.6. The monoisotopic (exact) mass is 617 g/mol. The molecule has 2 aromatic carbocycles. The van der Waals surface area contributed by atoms with Gasteiger partial charge in [0.05, 0.1) is 18.9 Å². The number of aromatic nitrogens is 1. The molecule has 3 aromatic rings. The summed E-state index contributed by atoms with van der Waals surface area (Å²) in [6.45, 7) is 0.838. The number of pyridine rings is 1. The summed E-state index contributed by atoms with van der Waals surface area (Å²) < 4.78 is 75.5. The SMILES string of the molecule is COc1ccc([C@H](c2ccc(F)c(F)c2)[C@H](N)C(=O)Nc2cccc(F)c2CCC2CNC3CCCS(=O)(=O)N2C3)cn1. The molecule has 0 radical (unpaired) electrons. The number of rotatable bonds is 9. The van der Waals surface area contributed by atoms with Crippen LogP contribution in [0.15, 0.2) is 54.7 Å². The van der Waals surface area contributed by atoms with E-state index in [-0.39, 0.29) is 41.1 Å². The van der Waals surface area contributed by atoms with Crippen LogP contribution in [0.25, 0.3) is 0 Å². The van der Waals surface area contributed by atoms with Gasteiger partial charge in [-0.05, 0) is 61.1 Å². The number of nitrogens with two attached hydrogens (primary N) is 1. The number of methoxy groups -OCH3 is 1. The van der Waals surface area contributed by atoms with E-state index in [0.29, 0.717) is 37.4 Å². The predicted molar refractivity (Wildman–Crippen MR) is 156 cm³/mol. The predicted octanol–water partition coefficient (Wildman–Crippen LogP) is 3.30. The van der Waals surface area contributed by atoms with Gasteiger partial charge in [-0.15, -0.1) is 0 Å². The van der Waals surface area contributed by atoms with Crippen LogP contribution in [0, 0.1) is 17.5 Å². The van der Waals surface area contributed by atoms with Crippen LogP contribution in [0.3, 0.4) is 0 Å². The molecule has 1 aromatic heterocycles. The third kappa shape index (κ3) is 6.85. The second-order valence-electron chi connectivity index (χ2n) is 10.9. The third-order valence-corrected chi connectivity index (χ3v) is 10.1. The summed E-state index contributed by atoms with van der Waals surface area (Å²) in [7, 11) is -1.97. The van der Waals surface area contributed by atoms with Crippen LogP contribution < -0.4 is 21.1 Å². The van der Waals surface area contributed by atoms with Crippen LogP contribution in [0.4, 0.5) is 18.9 Å². The highest BCUT2D eigenvalue weighted by atomic mass is 32.2. The van der Waals surface area contributed by atoms with E-state index in [0.717, 1.165) is 18.6 Å². The average molecular weight is 618 g/mol. The first-order valence-corrected chi connectivity index (χ1v) is 15.7. The van der Waals surface area contributed by atoms with Crippen molar-refractivity contribution >= 4 is 21.6 Å². The molecule has 2 fully saturated rings. The summed E-state index contributed by atoms with van der Waals surface area (Å²) in [6.07, 6.45) is 3.31. The molecule has 2 aliphatic heterocycles. The fourth-order valence-electron chi connectivity index (χ4n) is 5.86. The Bertz CT molecular complexity index is 1570. The van der Waals surface area contributed by atoms with E-state index >= 15 is 4.39 Å².